The molecule has 2 aromatic rings. The average Bonchev–Trinajstić information content (AvgIpc) is 2.75. The first-order valence-electron chi connectivity index (χ1n) is 6.52. The molecule has 0 saturated carbocycles. The Morgan fingerprint density at radius 2 is 1.70 bits per heavy atom. The second-order valence-electron chi connectivity index (χ2n) is 5.27. The highest BCUT2D eigenvalue weighted by molar-refractivity contribution is 9.11. The van der Waals surface area contributed by atoms with Crippen LogP contribution in [0.25, 0.3) is 0 Å². The molecule has 1 nitrogen and oxygen atoms in total. The van der Waals surface area contributed by atoms with Crippen molar-refractivity contribution < 1.29 is 0 Å². The molecule has 0 heterocycles. The fraction of sp³-hybridized carbons (Fsp3) is 0.250. The molecule has 0 fully saturated rings. The van der Waals surface area contributed by atoms with Crippen LogP contribution in [0.15, 0.2) is 39.3 Å². The van der Waals surface area contributed by atoms with Crippen LogP contribution in [0.5, 0.6) is 0 Å². The normalized spacial score (nSPS) is 17.1. The highest BCUT2D eigenvalue weighted by Crippen LogP contribution is 2.35. The van der Waals surface area contributed by atoms with E-state index in [-0.39, 0.29) is 0 Å². The number of benzene rings is 2. The van der Waals surface area contributed by atoms with E-state index in [1.54, 1.807) is 0 Å². The molecule has 0 saturated heterocycles. The summed E-state index contributed by atoms with van der Waals surface area (Å²) < 4.78 is 2.19. The molecule has 1 N–H and O–H groups in total. The van der Waals surface area contributed by atoms with E-state index >= 15 is 0 Å². The number of aryl methyl sites for hydroxylation is 1. The van der Waals surface area contributed by atoms with Gasteiger partial charge in [-0.2, -0.15) is 0 Å². The Morgan fingerprint density at radius 1 is 1.05 bits per heavy atom. The van der Waals surface area contributed by atoms with E-state index in [1.807, 2.05) is 6.07 Å². The molecule has 20 heavy (non-hydrogen) atoms. The van der Waals surface area contributed by atoms with E-state index in [2.05, 4.69) is 68.4 Å². The van der Waals surface area contributed by atoms with Crippen molar-refractivity contribution in [3.8, 4) is 0 Å². The summed E-state index contributed by atoms with van der Waals surface area (Å²) in [5.41, 5.74) is 5.11. The third-order valence-corrected chi connectivity index (χ3v) is 5.12. The van der Waals surface area contributed by atoms with Gasteiger partial charge in [0.1, 0.15) is 0 Å². The van der Waals surface area contributed by atoms with Crippen LogP contribution in [0.4, 0.5) is 5.69 Å². The van der Waals surface area contributed by atoms with Crippen LogP contribution in [0.2, 0.25) is 5.02 Å². The summed E-state index contributed by atoms with van der Waals surface area (Å²) in [6.07, 6.45) is 2.06. The van der Waals surface area contributed by atoms with Gasteiger partial charge in [-0.05, 0) is 92.6 Å². The molecule has 0 aromatic heterocycles. The quantitative estimate of drug-likeness (QED) is 0.658. The molecule has 104 valence electrons. The molecule has 0 bridgehead atoms. The van der Waals surface area contributed by atoms with Gasteiger partial charge < -0.3 is 5.32 Å². The Kier molecular flexibility index (Phi) is 4.11. The number of rotatable bonds is 2. The van der Waals surface area contributed by atoms with Crippen LogP contribution < -0.4 is 5.32 Å². The maximum atomic E-state index is 6.06. The zero-order valence-corrected chi connectivity index (χ0v) is 14.9. The van der Waals surface area contributed by atoms with Gasteiger partial charge in [0.05, 0.1) is 5.69 Å². The molecule has 0 amide bonds. The standard InChI is InChI=1S/C16H14Br2ClN/c1-9-4-14(17)16(15(18)5-9)20-13-7-10-2-3-12(19)6-11(10)8-13/h2-6,13,20H,7-8H2,1H3. The Bertz CT molecular complexity index is 647. The monoisotopic (exact) mass is 413 g/mol. The molecular weight excluding hydrogens is 401 g/mol. The maximum Gasteiger partial charge on any atom is 0.0631 e. The van der Waals surface area contributed by atoms with Gasteiger partial charge >= 0.3 is 0 Å². The molecule has 0 radical (unpaired) electrons. The van der Waals surface area contributed by atoms with Crippen molar-refractivity contribution in [3.63, 3.8) is 0 Å². The Hall–Kier alpha value is -0.510. The SMILES string of the molecule is Cc1cc(Br)c(NC2Cc3ccc(Cl)cc3C2)c(Br)c1. The van der Waals surface area contributed by atoms with E-state index in [0.717, 1.165) is 32.5 Å². The fourth-order valence-corrected chi connectivity index (χ4v) is 4.57. The lowest BCUT2D eigenvalue weighted by atomic mass is 10.1. The van der Waals surface area contributed by atoms with E-state index in [1.165, 1.54) is 16.7 Å². The molecule has 0 aliphatic heterocycles. The van der Waals surface area contributed by atoms with Gasteiger partial charge in [-0.1, -0.05) is 17.7 Å². The minimum Gasteiger partial charge on any atom is -0.380 e. The second kappa shape index (κ2) is 5.70. The van der Waals surface area contributed by atoms with Gasteiger partial charge in [-0.15, -0.1) is 0 Å². The van der Waals surface area contributed by atoms with Crippen molar-refractivity contribution in [1.29, 1.82) is 0 Å². The summed E-state index contributed by atoms with van der Waals surface area (Å²) in [5.74, 6) is 0. The van der Waals surface area contributed by atoms with Crippen molar-refractivity contribution >= 4 is 49.1 Å². The van der Waals surface area contributed by atoms with Gasteiger partial charge in [0.15, 0.2) is 0 Å². The molecule has 4 heteroatoms. The number of halogens is 3. The summed E-state index contributed by atoms with van der Waals surface area (Å²) in [5, 5.41) is 4.46. The second-order valence-corrected chi connectivity index (χ2v) is 7.41. The lowest BCUT2D eigenvalue weighted by molar-refractivity contribution is 0.773. The zero-order valence-electron chi connectivity index (χ0n) is 11.0. The minimum absolute atomic E-state index is 0.416. The number of fused-ring (bicyclic) bond motifs is 1. The van der Waals surface area contributed by atoms with Crippen molar-refractivity contribution in [2.45, 2.75) is 25.8 Å². The van der Waals surface area contributed by atoms with Crippen LogP contribution in [0.3, 0.4) is 0 Å². The summed E-state index contributed by atoms with van der Waals surface area (Å²) in [4.78, 5) is 0. The number of hydrogen-bond donors (Lipinski definition) is 1. The van der Waals surface area contributed by atoms with E-state index < -0.39 is 0 Å². The molecule has 1 aliphatic carbocycles. The van der Waals surface area contributed by atoms with Crippen molar-refractivity contribution in [3.05, 3.63) is 61.0 Å². The number of anilines is 1. The van der Waals surface area contributed by atoms with E-state index in [0.29, 0.717) is 6.04 Å². The van der Waals surface area contributed by atoms with Crippen LogP contribution in [-0.2, 0) is 12.8 Å². The summed E-state index contributed by atoms with van der Waals surface area (Å²) in [7, 11) is 0. The minimum atomic E-state index is 0.416. The van der Waals surface area contributed by atoms with Crippen molar-refractivity contribution in [2.24, 2.45) is 0 Å². The van der Waals surface area contributed by atoms with E-state index in [9.17, 15) is 0 Å². The van der Waals surface area contributed by atoms with Gasteiger partial charge in [0.25, 0.3) is 0 Å². The van der Waals surface area contributed by atoms with Gasteiger partial charge in [-0.25, -0.2) is 0 Å². The van der Waals surface area contributed by atoms with Gasteiger partial charge in [0.2, 0.25) is 0 Å². The third kappa shape index (κ3) is 2.90. The topological polar surface area (TPSA) is 12.0 Å². The number of nitrogens with one attached hydrogen (secondary N) is 1. The summed E-state index contributed by atoms with van der Waals surface area (Å²) >= 11 is 13.3. The predicted molar refractivity (Wildman–Crippen MR) is 92.8 cm³/mol. The van der Waals surface area contributed by atoms with Gasteiger partial charge in [-0.3, -0.25) is 0 Å². The fourth-order valence-electron chi connectivity index (χ4n) is 2.73. The summed E-state index contributed by atoms with van der Waals surface area (Å²) in [6, 6.07) is 10.9. The highest BCUT2D eigenvalue weighted by atomic mass is 79.9. The van der Waals surface area contributed by atoms with Crippen LogP contribution in [0, 0.1) is 6.92 Å². The first kappa shape index (κ1) is 14.4. The highest BCUT2D eigenvalue weighted by Gasteiger charge is 2.22. The van der Waals surface area contributed by atoms with Crippen molar-refractivity contribution in [2.75, 3.05) is 5.32 Å². The molecular formula is C16H14Br2ClN. The largest absolute Gasteiger partial charge is 0.380 e. The number of hydrogen-bond acceptors (Lipinski definition) is 1. The zero-order chi connectivity index (χ0) is 14.3. The Morgan fingerprint density at radius 3 is 2.40 bits per heavy atom. The summed E-state index contributed by atoms with van der Waals surface area (Å²) in [6.45, 7) is 2.09. The molecule has 1 aliphatic rings. The van der Waals surface area contributed by atoms with Crippen LogP contribution in [0.1, 0.15) is 16.7 Å². The predicted octanol–water partition coefficient (Wildman–Crippen LogP) is 5.75. The van der Waals surface area contributed by atoms with Crippen LogP contribution >= 0.6 is 43.5 Å². The lowest BCUT2D eigenvalue weighted by Gasteiger charge is -2.17. The first-order chi connectivity index (χ1) is 9.52. The molecule has 1 atom stereocenters. The smallest absolute Gasteiger partial charge is 0.0631 e. The third-order valence-electron chi connectivity index (χ3n) is 3.64. The lowest BCUT2D eigenvalue weighted by Crippen LogP contribution is -2.20. The molecule has 1 unspecified atom stereocenters. The molecule has 3 rings (SSSR count). The van der Waals surface area contributed by atoms with E-state index in [4.69, 9.17) is 11.6 Å². The molecule has 2 aromatic carbocycles. The molecule has 0 spiro atoms. The van der Waals surface area contributed by atoms with Crippen molar-refractivity contribution in [1.82, 2.24) is 0 Å². The van der Waals surface area contributed by atoms with Crippen LogP contribution in [-0.4, -0.2) is 6.04 Å². The Labute approximate surface area is 141 Å². The first-order valence-corrected chi connectivity index (χ1v) is 8.49. The maximum absolute atomic E-state index is 6.06. The Balaban J connectivity index is 1.81. The average molecular weight is 416 g/mol. The van der Waals surface area contributed by atoms with Gasteiger partial charge in [0, 0.05) is 20.0 Å².